The van der Waals surface area contributed by atoms with Crippen LogP contribution in [0.1, 0.15) is 10.4 Å². The topological polar surface area (TPSA) is 112 Å². The molecule has 0 bridgehead atoms. The first kappa shape index (κ1) is 19.0. The van der Waals surface area contributed by atoms with E-state index in [1.165, 1.54) is 18.2 Å². The molecule has 2 aromatic carbocycles. The Hall–Kier alpha value is -3.82. The van der Waals surface area contributed by atoms with E-state index >= 15 is 0 Å². The molecular formula is C18H15FN4O5. The van der Waals surface area contributed by atoms with Crippen molar-refractivity contribution in [1.82, 2.24) is 10.1 Å². The Bertz CT molecular complexity index is 1060. The minimum absolute atomic E-state index is 0.0425. The van der Waals surface area contributed by atoms with Gasteiger partial charge in [0.1, 0.15) is 11.5 Å². The maximum Gasteiger partial charge on any atom is 0.340 e. The van der Waals surface area contributed by atoms with Crippen LogP contribution in [0.25, 0.3) is 22.8 Å². The van der Waals surface area contributed by atoms with Crippen LogP contribution in [0.4, 0.5) is 15.8 Å². The molecule has 0 amide bonds. The minimum Gasteiger partial charge on any atom is -0.465 e. The van der Waals surface area contributed by atoms with Crippen LogP contribution >= 0.6 is 0 Å². The van der Waals surface area contributed by atoms with Crippen LogP contribution in [0, 0.1) is 15.9 Å². The number of methoxy groups -OCH3 is 1. The van der Waals surface area contributed by atoms with E-state index in [2.05, 4.69) is 14.9 Å². The van der Waals surface area contributed by atoms with Gasteiger partial charge in [0.05, 0.1) is 17.6 Å². The van der Waals surface area contributed by atoms with Crippen LogP contribution in [0.2, 0.25) is 0 Å². The third kappa shape index (κ3) is 3.52. The van der Waals surface area contributed by atoms with Gasteiger partial charge in [-0.15, -0.1) is 0 Å². The van der Waals surface area contributed by atoms with Crippen molar-refractivity contribution in [3.63, 3.8) is 0 Å². The molecule has 0 aliphatic heterocycles. The van der Waals surface area contributed by atoms with Gasteiger partial charge in [0.25, 0.3) is 11.6 Å². The van der Waals surface area contributed by atoms with E-state index in [1.807, 2.05) is 0 Å². The number of benzene rings is 2. The highest BCUT2D eigenvalue weighted by Gasteiger charge is 2.20. The Morgan fingerprint density at radius 1 is 1.21 bits per heavy atom. The van der Waals surface area contributed by atoms with E-state index in [1.54, 1.807) is 31.1 Å². The first-order valence-corrected chi connectivity index (χ1v) is 8.00. The zero-order valence-electron chi connectivity index (χ0n) is 15.2. The van der Waals surface area contributed by atoms with Gasteiger partial charge in [-0.1, -0.05) is 5.16 Å². The summed E-state index contributed by atoms with van der Waals surface area (Å²) in [6, 6.07) is 8.29. The number of halogens is 1. The molecule has 0 aliphatic rings. The van der Waals surface area contributed by atoms with Crippen molar-refractivity contribution in [2.45, 2.75) is 0 Å². The van der Waals surface area contributed by atoms with Gasteiger partial charge in [0.2, 0.25) is 5.82 Å². The van der Waals surface area contributed by atoms with Crippen molar-refractivity contribution in [2.75, 3.05) is 26.1 Å². The van der Waals surface area contributed by atoms with Crippen molar-refractivity contribution in [3.05, 3.63) is 57.9 Å². The maximum atomic E-state index is 14.1. The number of hydrogen-bond donors (Lipinski definition) is 0. The monoisotopic (exact) mass is 386 g/mol. The standard InChI is InChI=1S/C18H15FN4O5/c1-22(2)14-7-5-11(9-15(14)23(25)26)17-20-16(21-28-17)10-4-6-12(13(19)8-10)18(24)27-3/h4-9H,1-3H3. The first-order chi connectivity index (χ1) is 13.3. The highest BCUT2D eigenvalue weighted by atomic mass is 19.1. The molecule has 0 fully saturated rings. The number of carbonyl (C=O) groups is 1. The highest BCUT2D eigenvalue weighted by Crippen LogP contribution is 2.32. The van der Waals surface area contributed by atoms with Gasteiger partial charge in [-0.05, 0) is 30.3 Å². The molecule has 144 valence electrons. The number of aromatic nitrogens is 2. The van der Waals surface area contributed by atoms with E-state index < -0.39 is 16.7 Å². The second kappa shape index (κ2) is 7.43. The third-order valence-electron chi connectivity index (χ3n) is 3.96. The minimum atomic E-state index is -0.800. The summed E-state index contributed by atoms with van der Waals surface area (Å²) in [6.45, 7) is 0. The summed E-state index contributed by atoms with van der Waals surface area (Å²) in [5, 5.41) is 15.1. The smallest absolute Gasteiger partial charge is 0.340 e. The zero-order chi connectivity index (χ0) is 20.4. The molecule has 0 spiro atoms. The summed E-state index contributed by atoms with van der Waals surface area (Å²) in [4.78, 5) is 28.1. The number of nitro benzene ring substituents is 1. The molecular weight excluding hydrogens is 371 g/mol. The van der Waals surface area contributed by atoms with Crippen molar-refractivity contribution >= 4 is 17.3 Å². The number of ether oxygens (including phenoxy) is 1. The fourth-order valence-electron chi connectivity index (χ4n) is 2.57. The number of carbonyl (C=O) groups excluding carboxylic acids is 1. The van der Waals surface area contributed by atoms with Crippen molar-refractivity contribution in [1.29, 1.82) is 0 Å². The Morgan fingerprint density at radius 2 is 1.93 bits per heavy atom. The Morgan fingerprint density at radius 3 is 2.54 bits per heavy atom. The zero-order valence-corrected chi connectivity index (χ0v) is 15.2. The largest absolute Gasteiger partial charge is 0.465 e. The number of anilines is 1. The molecule has 0 radical (unpaired) electrons. The number of hydrogen-bond acceptors (Lipinski definition) is 8. The predicted octanol–water partition coefficient (Wildman–Crippen LogP) is 3.30. The van der Waals surface area contributed by atoms with E-state index in [0.29, 0.717) is 11.3 Å². The average molecular weight is 386 g/mol. The fourth-order valence-corrected chi connectivity index (χ4v) is 2.57. The molecule has 0 aliphatic carbocycles. The second-order valence-electron chi connectivity index (χ2n) is 5.96. The lowest BCUT2D eigenvalue weighted by Gasteiger charge is -2.12. The summed E-state index contributed by atoms with van der Waals surface area (Å²) in [7, 11) is 4.54. The molecule has 0 N–H and O–H groups in total. The molecule has 0 unspecified atom stereocenters. The molecule has 1 heterocycles. The van der Waals surface area contributed by atoms with Crippen LogP contribution in [-0.2, 0) is 4.74 Å². The molecule has 0 atom stereocenters. The lowest BCUT2D eigenvalue weighted by molar-refractivity contribution is -0.384. The summed E-state index contributed by atoms with van der Waals surface area (Å²) in [5.74, 6) is -1.47. The molecule has 28 heavy (non-hydrogen) atoms. The molecule has 0 saturated heterocycles. The van der Waals surface area contributed by atoms with Gasteiger partial charge in [0, 0.05) is 31.3 Å². The third-order valence-corrected chi connectivity index (χ3v) is 3.96. The first-order valence-electron chi connectivity index (χ1n) is 8.00. The summed E-state index contributed by atoms with van der Waals surface area (Å²) < 4.78 is 23.8. The van der Waals surface area contributed by atoms with E-state index in [0.717, 1.165) is 13.2 Å². The number of esters is 1. The number of rotatable bonds is 5. The summed E-state index contributed by atoms with van der Waals surface area (Å²) in [6.07, 6.45) is 0. The molecule has 0 saturated carbocycles. The van der Waals surface area contributed by atoms with Crippen LogP contribution in [-0.4, -0.2) is 42.2 Å². The van der Waals surface area contributed by atoms with Crippen LogP contribution < -0.4 is 4.90 Å². The van der Waals surface area contributed by atoms with Crippen LogP contribution in [0.15, 0.2) is 40.9 Å². The van der Waals surface area contributed by atoms with Crippen molar-refractivity contribution in [2.24, 2.45) is 0 Å². The molecule has 10 heteroatoms. The maximum absolute atomic E-state index is 14.1. The van der Waals surface area contributed by atoms with Gasteiger partial charge in [0.15, 0.2) is 0 Å². The quantitative estimate of drug-likeness (QED) is 0.373. The van der Waals surface area contributed by atoms with E-state index in [-0.39, 0.29) is 28.5 Å². The van der Waals surface area contributed by atoms with Gasteiger partial charge < -0.3 is 14.2 Å². The van der Waals surface area contributed by atoms with E-state index in [4.69, 9.17) is 4.52 Å². The Balaban J connectivity index is 1.97. The predicted molar refractivity (Wildman–Crippen MR) is 97.4 cm³/mol. The van der Waals surface area contributed by atoms with Crippen molar-refractivity contribution < 1.29 is 23.4 Å². The van der Waals surface area contributed by atoms with Crippen LogP contribution in [0.5, 0.6) is 0 Å². The summed E-state index contributed by atoms with van der Waals surface area (Å²) >= 11 is 0. The summed E-state index contributed by atoms with van der Waals surface area (Å²) in [5.41, 5.74) is 0.719. The van der Waals surface area contributed by atoms with Gasteiger partial charge in [-0.3, -0.25) is 10.1 Å². The molecule has 3 aromatic rings. The molecule has 9 nitrogen and oxygen atoms in total. The molecule has 3 rings (SSSR count). The second-order valence-corrected chi connectivity index (χ2v) is 5.96. The number of nitrogens with zero attached hydrogens (tertiary/aromatic N) is 4. The lowest BCUT2D eigenvalue weighted by atomic mass is 10.1. The van der Waals surface area contributed by atoms with Gasteiger partial charge in [-0.25, -0.2) is 9.18 Å². The highest BCUT2D eigenvalue weighted by molar-refractivity contribution is 5.90. The fraction of sp³-hybridized carbons (Fsp3) is 0.167. The Kier molecular flexibility index (Phi) is 5.03. The molecule has 1 aromatic heterocycles. The van der Waals surface area contributed by atoms with Gasteiger partial charge in [-0.2, -0.15) is 4.98 Å². The number of nitro groups is 1. The van der Waals surface area contributed by atoms with Crippen LogP contribution in [0.3, 0.4) is 0 Å². The van der Waals surface area contributed by atoms with Gasteiger partial charge >= 0.3 is 5.97 Å². The van der Waals surface area contributed by atoms with Crippen molar-refractivity contribution in [3.8, 4) is 22.8 Å². The SMILES string of the molecule is COC(=O)c1ccc(-c2noc(-c3ccc(N(C)C)c([N+](=O)[O-])c3)n2)cc1F. The lowest BCUT2D eigenvalue weighted by Crippen LogP contribution is -2.10. The normalized spacial score (nSPS) is 10.6. The van der Waals surface area contributed by atoms with E-state index in [9.17, 15) is 19.3 Å². The Labute approximate surface area is 158 Å². The average Bonchev–Trinajstić information content (AvgIpc) is 3.17.